The van der Waals surface area contributed by atoms with Crippen LogP contribution in [-0.2, 0) is 14.4 Å². The molecule has 1 saturated heterocycles. The molecule has 5 N–H and O–H groups in total. The van der Waals surface area contributed by atoms with Crippen LogP contribution in [0.3, 0.4) is 0 Å². The highest BCUT2D eigenvalue weighted by Gasteiger charge is 2.29. The Hall–Kier alpha value is -1.28. The second kappa shape index (κ2) is 6.25. The zero-order valence-corrected chi connectivity index (χ0v) is 11.3. The number of nitrogens with one attached hydrogen (secondary N) is 3. The SMILES string of the molecule is NC(=O)CSC1NC(=O)CC(CC(=O)NC2CC2)N1. The minimum atomic E-state index is -0.436. The lowest BCUT2D eigenvalue weighted by molar-refractivity contribution is -0.125. The number of nitrogens with two attached hydrogens (primary N) is 1. The van der Waals surface area contributed by atoms with E-state index in [1.807, 2.05) is 0 Å². The third-order valence-corrected chi connectivity index (χ3v) is 3.92. The fourth-order valence-electron chi connectivity index (χ4n) is 1.87. The number of hydrogen-bond acceptors (Lipinski definition) is 5. The Morgan fingerprint density at radius 2 is 2.16 bits per heavy atom. The molecule has 2 unspecified atom stereocenters. The molecule has 19 heavy (non-hydrogen) atoms. The predicted octanol–water partition coefficient (Wildman–Crippen LogP) is -1.36. The normalized spacial score (nSPS) is 26.6. The monoisotopic (exact) mass is 286 g/mol. The number of primary amides is 1. The van der Waals surface area contributed by atoms with Gasteiger partial charge in [-0.15, -0.1) is 11.8 Å². The van der Waals surface area contributed by atoms with Gasteiger partial charge in [0.25, 0.3) is 0 Å². The van der Waals surface area contributed by atoms with E-state index in [0.717, 1.165) is 12.8 Å². The fourth-order valence-corrected chi connectivity index (χ4v) is 2.70. The Balaban J connectivity index is 1.77. The molecule has 3 amide bonds. The van der Waals surface area contributed by atoms with E-state index in [-0.39, 0.29) is 41.9 Å². The van der Waals surface area contributed by atoms with Crippen molar-refractivity contribution < 1.29 is 14.4 Å². The van der Waals surface area contributed by atoms with E-state index in [1.165, 1.54) is 11.8 Å². The first-order valence-electron chi connectivity index (χ1n) is 6.27. The van der Waals surface area contributed by atoms with Crippen molar-refractivity contribution in [1.82, 2.24) is 16.0 Å². The first-order chi connectivity index (χ1) is 9.02. The molecule has 2 fully saturated rings. The summed E-state index contributed by atoms with van der Waals surface area (Å²) in [6.07, 6.45) is 2.63. The molecule has 0 radical (unpaired) electrons. The van der Waals surface area contributed by atoms with Crippen LogP contribution in [0.1, 0.15) is 25.7 Å². The number of amides is 3. The van der Waals surface area contributed by atoms with Gasteiger partial charge in [0.15, 0.2) is 0 Å². The molecule has 1 aliphatic heterocycles. The fraction of sp³-hybridized carbons (Fsp3) is 0.727. The summed E-state index contributed by atoms with van der Waals surface area (Å²) >= 11 is 1.22. The predicted molar refractivity (Wildman–Crippen MR) is 70.9 cm³/mol. The minimum Gasteiger partial charge on any atom is -0.369 e. The maximum Gasteiger partial charge on any atom is 0.227 e. The molecule has 0 bridgehead atoms. The van der Waals surface area contributed by atoms with Crippen LogP contribution in [0.4, 0.5) is 0 Å². The van der Waals surface area contributed by atoms with Crippen LogP contribution < -0.4 is 21.7 Å². The van der Waals surface area contributed by atoms with Gasteiger partial charge in [-0.05, 0) is 12.8 Å². The Bertz CT molecular complexity index is 386. The lowest BCUT2D eigenvalue weighted by Crippen LogP contribution is -2.56. The average molecular weight is 286 g/mol. The number of carbonyl (C=O) groups is 3. The second-order valence-electron chi connectivity index (χ2n) is 4.84. The lowest BCUT2D eigenvalue weighted by Gasteiger charge is -2.30. The Morgan fingerprint density at radius 3 is 2.79 bits per heavy atom. The molecule has 2 atom stereocenters. The van der Waals surface area contributed by atoms with Gasteiger partial charge in [0.2, 0.25) is 17.7 Å². The standard InChI is InChI=1S/C11H18N4O3S/c12-8(16)5-19-11-14-7(4-10(18)15-11)3-9(17)13-6-1-2-6/h6-7,11,14H,1-5H2,(H2,12,16)(H,13,17)(H,15,18). The van der Waals surface area contributed by atoms with Gasteiger partial charge < -0.3 is 16.4 Å². The van der Waals surface area contributed by atoms with E-state index in [4.69, 9.17) is 5.73 Å². The third kappa shape index (κ3) is 5.07. The van der Waals surface area contributed by atoms with Gasteiger partial charge in [0.1, 0.15) is 5.50 Å². The Morgan fingerprint density at radius 1 is 1.42 bits per heavy atom. The number of thioether (sulfide) groups is 1. The van der Waals surface area contributed by atoms with Gasteiger partial charge >= 0.3 is 0 Å². The van der Waals surface area contributed by atoms with Gasteiger partial charge in [0.05, 0.1) is 5.75 Å². The number of rotatable bonds is 6. The summed E-state index contributed by atoms with van der Waals surface area (Å²) in [5.41, 5.74) is 4.69. The summed E-state index contributed by atoms with van der Waals surface area (Å²) in [6, 6.07) is 0.128. The molecule has 2 aliphatic rings. The highest BCUT2D eigenvalue weighted by Crippen LogP contribution is 2.19. The Kier molecular flexibility index (Phi) is 4.65. The largest absolute Gasteiger partial charge is 0.369 e. The topological polar surface area (TPSA) is 113 Å². The molecule has 0 aromatic carbocycles. The smallest absolute Gasteiger partial charge is 0.227 e. The molecule has 106 valence electrons. The summed E-state index contributed by atoms with van der Waals surface area (Å²) in [5, 5.41) is 8.72. The van der Waals surface area contributed by atoms with Crippen molar-refractivity contribution >= 4 is 29.5 Å². The van der Waals surface area contributed by atoms with Crippen molar-refractivity contribution in [3.05, 3.63) is 0 Å². The van der Waals surface area contributed by atoms with Crippen LogP contribution in [0.5, 0.6) is 0 Å². The molecular formula is C11H18N4O3S. The quantitative estimate of drug-likeness (QED) is 0.481. The summed E-state index contributed by atoms with van der Waals surface area (Å²) in [5.74, 6) is -0.466. The van der Waals surface area contributed by atoms with Crippen LogP contribution in [0.25, 0.3) is 0 Å². The molecule has 1 saturated carbocycles. The molecule has 7 nitrogen and oxygen atoms in total. The molecule has 1 heterocycles. The zero-order valence-electron chi connectivity index (χ0n) is 10.5. The highest BCUT2D eigenvalue weighted by atomic mass is 32.2. The van der Waals surface area contributed by atoms with Crippen LogP contribution in [0.15, 0.2) is 0 Å². The number of carbonyl (C=O) groups excluding carboxylic acids is 3. The van der Waals surface area contributed by atoms with E-state index in [2.05, 4.69) is 16.0 Å². The molecular weight excluding hydrogens is 268 g/mol. The first kappa shape index (κ1) is 14.1. The first-order valence-corrected chi connectivity index (χ1v) is 7.32. The van der Waals surface area contributed by atoms with E-state index in [0.29, 0.717) is 6.04 Å². The Labute approximate surface area is 115 Å². The van der Waals surface area contributed by atoms with Crippen molar-refractivity contribution in [3.8, 4) is 0 Å². The summed E-state index contributed by atoms with van der Waals surface area (Å²) in [7, 11) is 0. The van der Waals surface area contributed by atoms with E-state index >= 15 is 0 Å². The van der Waals surface area contributed by atoms with Gasteiger partial charge in [0, 0.05) is 24.9 Å². The van der Waals surface area contributed by atoms with Crippen molar-refractivity contribution in [2.24, 2.45) is 5.73 Å². The molecule has 0 aromatic rings. The van der Waals surface area contributed by atoms with E-state index in [1.54, 1.807) is 0 Å². The van der Waals surface area contributed by atoms with Gasteiger partial charge in [-0.1, -0.05) is 0 Å². The second-order valence-corrected chi connectivity index (χ2v) is 5.93. The van der Waals surface area contributed by atoms with Crippen LogP contribution in [-0.4, -0.2) is 41.1 Å². The van der Waals surface area contributed by atoms with Gasteiger partial charge in [-0.3, -0.25) is 19.7 Å². The lowest BCUT2D eigenvalue weighted by atomic mass is 10.1. The summed E-state index contributed by atoms with van der Waals surface area (Å²) < 4.78 is 0. The van der Waals surface area contributed by atoms with Gasteiger partial charge in [-0.25, -0.2) is 0 Å². The van der Waals surface area contributed by atoms with Crippen molar-refractivity contribution in [2.45, 2.75) is 43.3 Å². The third-order valence-electron chi connectivity index (χ3n) is 2.88. The van der Waals surface area contributed by atoms with Crippen molar-refractivity contribution in [1.29, 1.82) is 0 Å². The average Bonchev–Trinajstić information content (AvgIpc) is 3.09. The van der Waals surface area contributed by atoms with E-state index in [9.17, 15) is 14.4 Å². The van der Waals surface area contributed by atoms with Crippen LogP contribution in [0.2, 0.25) is 0 Å². The maximum absolute atomic E-state index is 11.7. The van der Waals surface area contributed by atoms with Gasteiger partial charge in [-0.2, -0.15) is 0 Å². The minimum absolute atomic E-state index is 0.0339. The zero-order chi connectivity index (χ0) is 13.8. The van der Waals surface area contributed by atoms with Crippen molar-refractivity contribution in [3.63, 3.8) is 0 Å². The summed E-state index contributed by atoms with van der Waals surface area (Å²) in [6.45, 7) is 0. The molecule has 0 spiro atoms. The maximum atomic E-state index is 11.7. The summed E-state index contributed by atoms with van der Waals surface area (Å²) in [4.78, 5) is 33.9. The molecule has 2 rings (SSSR count). The van der Waals surface area contributed by atoms with E-state index < -0.39 is 5.91 Å². The number of hydrogen-bond donors (Lipinski definition) is 4. The van der Waals surface area contributed by atoms with Crippen LogP contribution >= 0.6 is 11.8 Å². The van der Waals surface area contributed by atoms with Crippen molar-refractivity contribution in [2.75, 3.05) is 5.75 Å². The highest BCUT2D eigenvalue weighted by molar-refractivity contribution is 8.00. The molecule has 8 heteroatoms. The van der Waals surface area contributed by atoms with Crippen LogP contribution in [0, 0.1) is 0 Å². The molecule has 0 aromatic heterocycles. The molecule has 1 aliphatic carbocycles.